The number of hydrogen-bond donors (Lipinski definition) is 2. The molecule has 1 aliphatic rings. The zero-order chi connectivity index (χ0) is 16.4. The van der Waals surface area contributed by atoms with E-state index in [1.54, 1.807) is 18.2 Å². The van der Waals surface area contributed by atoms with Crippen LogP contribution in [-0.4, -0.2) is 17.2 Å². The van der Waals surface area contributed by atoms with E-state index in [9.17, 15) is 13.6 Å². The molecule has 120 valence electrons. The summed E-state index contributed by atoms with van der Waals surface area (Å²) >= 11 is 0. The second-order valence-corrected chi connectivity index (χ2v) is 4.83. The number of nitrogens with one attached hydrogen (secondary N) is 1. The van der Waals surface area contributed by atoms with Crippen LogP contribution in [0.5, 0.6) is 11.5 Å². The van der Waals surface area contributed by atoms with Gasteiger partial charge in [-0.3, -0.25) is 9.78 Å². The van der Waals surface area contributed by atoms with Crippen molar-refractivity contribution in [3.05, 3.63) is 53.3 Å². The molecule has 2 heterocycles. The Morgan fingerprint density at radius 2 is 2.13 bits per heavy atom. The third-order valence-corrected chi connectivity index (χ3v) is 3.24. The Labute approximate surface area is 130 Å². The minimum atomic E-state index is -3.69. The van der Waals surface area contributed by atoms with Gasteiger partial charge in [0, 0.05) is 30.4 Å². The SMILES string of the molecule is NCc1cc(C(=O)NCc2cccc3c2OC(F)(F)O3)ccn1. The van der Waals surface area contributed by atoms with Gasteiger partial charge in [-0.25, -0.2) is 0 Å². The second-order valence-electron chi connectivity index (χ2n) is 4.83. The van der Waals surface area contributed by atoms with Gasteiger partial charge in [0.2, 0.25) is 0 Å². The summed E-state index contributed by atoms with van der Waals surface area (Å²) in [5.41, 5.74) is 6.83. The Hall–Kier alpha value is -2.74. The van der Waals surface area contributed by atoms with E-state index < -0.39 is 6.29 Å². The first-order chi connectivity index (χ1) is 11.0. The van der Waals surface area contributed by atoms with Gasteiger partial charge in [-0.2, -0.15) is 0 Å². The molecule has 0 radical (unpaired) electrons. The standard InChI is InChI=1S/C15H13F2N3O3/c16-15(17)22-12-3-1-2-10(13(12)23-15)8-20-14(21)9-4-5-19-11(6-9)7-18/h1-6H,7-8,18H2,(H,20,21). The summed E-state index contributed by atoms with van der Waals surface area (Å²) in [6.07, 6.45) is -2.21. The number of rotatable bonds is 4. The molecule has 0 atom stereocenters. The van der Waals surface area contributed by atoms with Gasteiger partial charge in [-0.15, -0.1) is 8.78 Å². The Morgan fingerprint density at radius 1 is 1.30 bits per heavy atom. The first kappa shape index (κ1) is 15.2. The summed E-state index contributed by atoms with van der Waals surface area (Å²) in [6.45, 7) is 0.231. The molecule has 3 N–H and O–H groups in total. The molecular formula is C15H13F2N3O3. The van der Waals surface area contributed by atoms with E-state index in [0.29, 0.717) is 16.8 Å². The highest BCUT2D eigenvalue weighted by molar-refractivity contribution is 5.94. The van der Waals surface area contributed by atoms with Crippen molar-refractivity contribution < 1.29 is 23.0 Å². The van der Waals surface area contributed by atoms with Crippen molar-refractivity contribution in [1.82, 2.24) is 10.3 Å². The molecule has 0 saturated carbocycles. The van der Waals surface area contributed by atoms with E-state index in [1.807, 2.05) is 0 Å². The van der Waals surface area contributed by atoms with Gasteiger partial charge >= 0.3 is 6.29 Å². The Morgan fingerprint density at radius 3 is 2.91 bits per heavy atom. The Balaban J connectivity index is 1.72. The van der Waals surface area contributed by atoms with Crippen molar-refractivity contribution in [2.24, 2.45) is 5.73 Å². The van der Waals surface area contributed by atoms with E-state index >= 15 is 0 Å². The van der Waals surface area contributed by atoms with Crippen LogP contribution in [0.1, 0.15) is 21.6 Å². The average molecular weight is 321 g/mol. The van der Waals surface area contributed by atoms with Crippen molar-refractivity contribution in [1.29, 1.82) is 0 Å². The molecule has 0 unspecified atom stereocenters. The maximum absolute atomic E-state index is 13.1. The van der Waals surface area contributed by atoms with Crippen molar-refractivity contribution in [3.8, 4) is 11.5 Å². The van der Waals surface area contributed by atoms with Crippen LogP contribution >= 0.6 is 0 Å². The lowest BCUT2D eigenvalue weighted by Crippen LogP contribution is -2.26. The predicted molar refractivity (Wildman–Crippen MR) is 75.9 cm³/mol. The smallest absolute Gasteiger partial charge is 0.395 e. The third-order valence-electron chi connectivity index (χ3n) is 3.24. The summed E-state index contributed by atoms with van der Waals surface area (Å²) in [7, 11) is 0. The molecule has 23 heavy (non-hydrogen) atoms. The van der Waals surface area contributed by atoms with Crippen LogP contribution in [0.15, 0.2) is 36.5 Å². The molecule has 1 aliphatic heterocycles. The summed E-state index contributed by atoms with van der Waals surface area (Å²) in [5, 5.41) is 2.64. The van der Waals surface area contributed by atoms with E-state index in [4.69, 9.17) is 5.73 Å². The third kappa shape index (κ3) is 3.21. The highest BCUT2D eigenvalue weighted by Gasteiger charge is 2.44. The number of aromatic nitrogens is 1. The monoisotopic (exact) mass is 321 g/mol. The van der Waals surface area contributed by atoms with Crippen LogP contribution < -0.4 is 20.5 Å². The Bertz CT molecular complexity index is 752. The minimum Gasteiger partial charge on any atom is -0.395 e. The first-order valence-corrected chi connectivity index (χ1v) is 6.79. The van der Waals surface area contributed by atoms with Crippen LogP contribution in [-0.2, 0) is 13.1 Å². The molecular weight excluding hydrogens is 308 g/mol. The fourth-order valence-corrected chi connectivity index (χ4v) is 2.17. The maximum atomic E-state index is 13.1. The number of fused-ring (bicyclic) bond motifs is 1. The predicted octanol–water partition coefficient (Wildman–Crippen LogP) is 1.79. The van der Waals surface area contributed by atoms with Crippen LogP contribution in [0.3, 0.4) is 0 Å². The molecule has 0 aliphatic carbocycles. The molecule has 1 aromatic carbocycles. The molecule has 1 aromatic heterocycles. The quantitative estimate of drug-likeness (QED) is 0.896. The number of benzene rings is 1. The van der Waals surface area contributed by atoms with Gasteiger partial charge in [0.25, 0.3) is 5.91 Å². The number of alkyl halides is 2. The average Bonchev–Trinajstić information content (AvgIpc) is 2.87. The van der Waals surface area contributed by atoms with E-state index in [-0.39, 0.29) is 30.5 Å². The van der Waals surface area contributed by atoms with Gasteiger partial charge in [-0.05, 0) is 18.2 Å². The fraction of sp³-hybridized carbons (Fsp3) is 0.200. The lowest BCUT2D eigenvalue weighted by Gasteiger charge is -2.09. The largest absolute Gasteiger partial charge is 0.586 e. The van der Waals surface area contributed by atoms with Gasteiger partial charge < -0.3 is 20.5 Å². The summed E-state index contributed by atoms with van der Waals surface area (Å²) in [5.74, 6) is -0.503. The van der Waals surface area contributed by atoms with E-state index in [2.05, 4.69) is 19.8 Å². The molecule has 3 rings (SSSR count). The number of amides is 1. The van der Waals surface area contributed by atoms with Crippen molar-refractivity contribution in [2.45, 2.75) is 19.4 Å². The van der Waals surface area contributed by atoms with Crippen LogP contribution in [0, 0.1) is 0 Å². The topological polar surface area (TPSA) is 86.5 Å². The molecule has 6 nitrogen and oxygen atoms in total. The van der Waals surface area contributed by atoms with E-state index in [0.717, 1.165) is 0 Å². The number of nitrogens with zero attached hydrogens (tertiary/aromatic N) is 1. The van der Waals surface area contributed by atoms with Crippen molar-refractivity contribution in [3.63, 3.8) is 0 Å². The number of para-hydroxylation sites is 1. The maximum Gasteiger partial charge on any atom is 0.586 e. The fourth-order valence-electron chi connectivity index (χ4n) is 2.17. The molecule has 0 bridgehead atoms. The molecule has 0 spiro atoms. The second kappa shape index (κ2) is 5.81. The summed E-state index contributed by atoms with van der Waals surface area (Å²) in [6, 6.07) is 7.60. The zero-order valence-corrected chi connectivity index (χ0v) is 11.9. The van der Waals surface area contributed by atoms with Crippen LogP contribution in [0.25, 0.3) is 0 Å². The molecule has 1 amide bonds. The molecule has 0 saturated heterocycles. The number of hydrogen-bond acceptors (Lipinski definition) is 5. The van der Waals surface area contributed by atoms with Gasteiger partial charge in [-0.1, -0.05) is 12.1 Å². The number of nitrogens with two attached hydrogens (primary N) is 1. The number of carbonyl (C=O) groups is 1. The van der Waals surface area contributed by atoms with E-state index in [1.165, 1.54) is 18.3 Å². The normalized spacial score (nSPS) is 14.6. The van der Waals surface area contributed by atoms with Crippen molar-refractivity contribution in [2.75, 3.05) is 0 Å². The minimum absolute atomic E-state index is 0.0156. The molecule has 0 fully saturated rings. The van der Waals surface area contributed by atoms with Crippen LogP contribution in [0.2, 0.25) is 0 Å². The number of pyridine rings is 1. The Kier molecular flexibility index (Phi) is 3.83. The van der Waals surface area contributed by atoms with Gasteiger partial charge in [0.1, 0.15) is 0 Å². The number of ether oxygens (including phenoxy) is 2. The molecule has 2 aromatic rings. The lowest BCUT2D eigenvalue weighted by molar-refractivity contribution is -0.286. The van der Waals surface area contributed by atoms with Crippen molar-refractivity contribution >= 4 is 5.91 Å². The highest BCUT2D eigenvalue weighted by atomic mass is 19.3. The summed E-state index contributed by atoms with van der Waals surface area (Å²) < 4.78 is 35.1. The van der Waals surface area contributed by atoms with Crippen LogP contribution in [0.4, 0.5) is 8.78 Å². The number of carbonyl (C=O) groups excluding carboxylic acids is 1. The van der Waals surface area contributed by atoms with Gasteiger partial charge in [0.15, 0.2) is 11.5 Å². The number of halogens is 2. The van der Waals surface area contributed by atoms with Gasteiger partial charge in [0.05, 0.1) is 5.69 Å². The summed E-state index contributed by atoms with van der Waals surface area (Å²) in [4.78, 5) is 16.1. The molecule has 8 heteroatoms. The zero-order valence-electron chi connectivity index (χ0n) is 11.9. The highest BCUT2D eigenvalue weighted by Crippen LogP contribution is 2.43. The first-order valence-electron chi connectivity index (χ1n) is 6.79. The lowest BCUT2D eigenvalue weighted by atomic mass is 10.1.